The Kier molecular flexibility index (Phi) is 8.66. The van der Waals surface area contributed by atoms with Crippen LogP contribution in [0.4, 0.5) is 11.4 Å². The lowest BCUT2D eigenvalue weighted by atomic mass is 9.81. The van der Waals surface area contributed by atoms with Crippen molar-refractivity contribution < 1.29 is 19.8 Å². The lowest BCUT2D eigenvalue weighted by Crippen LogP contribution is -2.70. The molecule has 0 aliphatic heterocycles. The molecule has 10 N–H and O–H groups in total. The van der Waals surface area contributed by atoms with Gasteiger partial charge in [0.1, 0.15) is 11.5 Å². The molecule has 0 saturated heterocycles. The highest BCUT2D eigenvalue weighted by Crippen LogP contribution is 2.43. The Bertz CT molecular complexity index is 1120. The van der Waals surface area contributed by atoms with Gasteiger partial charge >= 0.3 is 0 Å². The Balaban J connectivity index is 2.34. The topological polar surface area (TPSA) is 171 Å². The van der Waals surface area contributed by atoms with Gasteiger partial charge in [-0.3, -0.25) is 30.9 Å². The average Bonchev–Trinajstić information content (AvgIpc) is 2.93. The number of carbonyl (C=O) groups is 2. The van der Waals surface area contributed by atoms with Gasteiger partial charge in [0.25, 0.3) is 0 Å². The highest BCUT2D eigenvalue weighted by atomic mass is 16.3. The van der Waals surface area contributed by atoms with Crippen molar-refractivity contribution in [1.29, 1.82) is 0 Å². The van der Waals surface area contributed by atoms with E-state index in [-0.39, 0.29) is 45.8 Å². The molecule has 0 heterocycles. The number of benzene rings is 2. The number of hydrogen-bond donors (Lipinski definition) is 10. The third-order valence-electron chi connectivity index (χ3n) is 7.68. The molecule has 2 aromatic carbocycles. The molecular formula is C26H40N8O4. The second-order valence-electron chi connectivity index (χ2n) is 9.31. The third-order valence-corrected chi connectivity index (χ3v) is 7.68. The maximum Gasteiger partial charge on any atom is 0.200 e. The van der Waals surface area contributed by atoms with E-state index in [1.807, 2.05) is 27.9 Å². The normalized spacial score (nSPS) is 15.1. The van der Waals surface area contributed by atoms with Gasteiger partial charge in [0, 0.05) is 11.4 Å². The average molecular weight is 529 g/mol. The standard InChI is InChI=1S/C26H40N8O4/c1-13(27-3)25(29-5,30-6)33-15-9-10-16(34-26(31-7,32-8)14(2)28-4)20-19(15)23(37)21-17(35)11-12-18(36)22(21)24(20)38/h9-14,27-36H,1-8H3. The highest BCUT2D eigenvalue weighted by Gasteiger charge is 2.42. The van der Waals surface area contributed by atoms with Crippen LogP contribution in [0.25, 0.3) is 0 Å². The summed E-state index contributed by atoms with van der Waals surface area (Å²) in [5.41, 5.74) is 0.407. The number of anilines is 2. The molecular weight excluding hydrogens is 488 g/mol. The number of rotatable bonds is 12. The molecule has 0 radical (unpaired) electrons. The van der Waals surface area contributed by atoms with Gasteiger partial charge in [-0.15, -0.1) is 0 Å². The fourth-order valence-electron chi connectivity index (χ4n) is 5.01. The number of ketones is 2. The molecule has 0 saturated carbocycles. The van der Waals surface area contributed by atoms with E-state index in [2.05, 4.69) is 42.5 Å². The highest BCUT2D eigenvalue weighted by molar-refractivity contribution is 6.33. The minimum Gasteiger partial charge on any atom is -0.507 e. The van der Waals surface area contributed by atoms with Crippen molar-refractivity contribution in [2.75, 3.05) is 52.9 Å². The summed E-state index contributed by atoms with van der Waals surface area (Å²) in [5.74, 6) is -3.77. The van der Waals surface area contributed by atoms with Crippen molar-refractivity contribution in [3.8, 4) is 11.5 Å². The molecule has 2 atom stereocenters. The van der Waals surface area contributed by atoms with E-state index < -0.39 is 23.1 Å². The minimum absolute atomic E-state index is 0.0739. The van der Waals surface area contributed by atoms with Crippen molar-refractivity contribution >= 4 is 22.9 Å². The minimum atomic E-state index is -0.914. The van der Waals surface area contributed by atoms with Crippen molar-refractivity contribution in [3.05, 3.63) is 46.5 Å². The molecule has 2 aromatic rings. The second kappa shape index (κ2) is 11.2. The molecule has 0 aromatic heterocycles. The predicted molar refractivity (Wildman–Crippen MR) is 149 cm³/mol. The van der Waals surface area contributed by atoms with Crippen LogP contribution in [0.1, 0.15) is 45.7 Å². The maximum absolute atomic E-state index is 14.0. The van der Waals surface area contributed by atoms with Crippen molar-refractivity contribution in [1.82, 2.24) is 31.9 Å². The maximum atomic E-state index is 14.0. The summed E-state index contributed by atoms with van der Waals surface area (Å²) in [6.07, 6.45) is 0. The van der Waals surface area contributed by atoms with Gasteiger partial charge in [-0.05, 0) is 80.4 Å². The van der Waals surface area contributed by atoms with Crippen LogP contribution in [0.5, 0.6) is 11.5 Å². The number of carbonyl (C=O) groups excluding carboxylic acids is 2. The second-order valence-corrected chi connectivity index (χ2v) is 9.31. The molecule has 0 bridgehead atoms. The molecule has 208 valence electrons. The Labute approximate surface area is 223 Å². The van der Waals surface area contributed by atoms with Crippen LogP contribution in [0.3, 0.4) is 0 Å². The van der Waals surface area contributed by atoms with Gasteiger partial charge in [0.05, 0.1) is 34.3 Å². The van der Waals surface area contributed by atoms with Gasteiger partial charge in [-0.2, -0.15) is 0 Å². The fourth-order valence-corrected chi connectivity index (χ4v) is 5.01. The lowest BCUT2D eigenvalue weighted by molar-refractivity contribution is 0.0974. The Hall–Kier alpha value is -3.26. The summed E-state index contributed by atoms with van der Waals surface area (Å²) in [5, 5.41) is 47.2. The van der Waals surface area contributed by atoms with E-state index in [0.29, 0.717) is 11.4 Å². The number of nitrogens with one attached hydrogen (secondary N) is 8. The Morgan fingerprint density at radius 3 is 1.16 bits per heavy atom. The Morgan fingerprint density at radius 1 is 0.579 bits per heavy atom. The van der Waals surface area contributed by atoms with Gasteiger partial charge in [-0.25, -0.2) is 0 Å². The predicted octanol–water partition coefficient (Wildman–Crippen LogP) is 0.0980. The number of phenols is 2. The van der Waals surface area contributed by atoms with Crippen molar-refractivity contribution in [2.45, 2.75) is 37.5 Å². The summed E-state index contributed by atoms with van der Waals surface area (Å²) in [6, 6.07) is 5.48. The smallest absolute Gasteiger partial charge is 0.200 e. The van der Waals surface area contributed by atoms with E-state index in [1.165, 1.54) is 12.1 Å². The van der Waals surface area contributed by atoms with Crippen molar-refractivity contribution in [2.24, 2.45) is 0 Å². The summed E-state index contributed by atoms with van der Waals surface area (Å²) >= 11 is 0. The molecule has 0 fully saturated rings. The van der Waals surface area contributed by atoms with Crippen LogP contribution in [0.2, 0.25) is 0 Å². The molecule has 2 unspecified atom stereocenters. The first-order chi connectivity index (χ1) is 18.0. The van der Waals surface area contributed by atoms with Gasteiger partial charge in [0.2, 0.25) is 11.6 Å². The van der Waals surface area contributed by atoms with Crippen LogP contribution in [-0.2, 0) is 0 Å². The van der Waals surface area contributed by atoms with Crippen LogP contribution in [-0.4, -0.2) is 87.7 Å². The number of likely N-dealkylation sites (N-methyl/N-ethyl adjacent to an activating group) is 6. The van der Waals surface area contributed by atoms with E-state index in [4.69, 9.17) is 0 Å². The van der Waals surface area contributed by atoms with E-state index in [1.54, 1.807) is 40.3 Å². The molecule has 38 heavy (non-hydrogen) atoms. The summed E-state index contributed by atoms with van der Waals surface area (Å²) in [7, 11) is 10.7. The molecule has 0 amide bonds. The summed E-state index contributed by atoms with van der Waals surface area (Å²) in [4.78, 5) is 28.0. The Morgan fingerprint density at radius 2 is 0.895 bits per heavy atom. The monoisotopic (exact) mass is 528 g/mol. The molecule has 1 aliphatic rings. The summed E-state index contributed by atoms with van der Waals surface area (Å²) in [6.45, 7) is 3.89. The molecule has 0 spiro atoms. The molecule has 12 nitrogen and oxygen atoms in total. The van der Waals surface area contributed by atoms with Crippen molar-refractivity contribution in [3.63, 3.8) is 0 Å². The first kappa shape index (κ1) is 29.3. The fraction of sp³-hybridized carbons (Fsp3) is 0.462. The lowest BCUT2D eigenvalue weighted by Gasteiger charge is -2.42. The number of hydrogen-bond acceptors (Lipinski definition) is 12. The number of phenolic OH excluding ortho intramolecular Hbond substituents is 2. The van der Waals surface area contributed by atoms with Crippen LogP contribution < -0.4 is 42.5 Å². The van der Waals surface area contributed by atoms with Crippen LogP contribution in [0, 0.1) is 0 Å². The third kappa shape index (κ3) is 4.59. The largest absolute Gasteiger partial charge is 0.507 e. The quantitative estimate of drug-likeness (QED) is 0.114. The first-order valence-electron chi connectivity index (χ1n) is 12.5. The summed E-state index contributed by atoms with van der Waals surface area (Å²) < 4.78 is 0. The first-order valence-corrected chi connectivity index (χ1v) is 12.5. The van der Waals surface area contributed by atoms with Gasteiger partial charge in [0.15, 0.2) is 11.6 Å². The van der Waals surface area contributed by atoms with Crippen LogP contribution in [0.15, 0.2) is 24.3 Å². The van der Waals surface area contributed by atoms with Gasteiger partial charge < -0.3 is 31.5 Å². The zero-order chi connectivity index (χ0) is 28.4. The van der Waals surface area contributed by atoms with E-state index in [9.17, 15) is 19.8 Å². The van der Waals surface area contributed by atoms with E-state index >= 15 is 0 Å². The zero-order valence-electron chi connectivity index (χ0n) is 23.2. The van der Waals surface area contributed by atoms with Gasteiger partial charge in [-0.1, -0.05) is 0 Å². The SMILES string of the molecule is CNC(C)C(NC)(NC)Nc1ccc(NC(NC)(NC)C(C)NC)c2c1C(=O)c1c(O)ccc(O)c1C2=O. The van der Waals surface area contributed by atoms with E-state index in [0.717, 1.165) is 0 Å². The number of fused-ring (bicyclic) bond motifs is 2. The molecule has 1 aliphatic carbocycles. The molecule has 3 rings (SSSR count). The zero-order valence-corrected chi connectivity index (χ0v) is 23.2. The molecule has 12 heteroatoms. The number of aromatic hydroxyl groups is 2. The van der Waals surface area contributed by atoms with Crippen LogP contribution >= 0.6 is 0 Å².